The summed E-state index contributed by atoms with van der Waals surface area (Å²) in [5.74, 6) is -0.302. The molecule has 20 heavy (non-hydrogen) atoms. The first-order valence-electron chi connectivity index (χ1n) is 7.45. The van der Waals surface area contributed by atoms with Gasteiger partial charge in [0.25, 0.3) is 0 Å². The standard InChI is InChI=1S/C17H25NO2/c1-17(2)9-3-4-14(11-17)13-7-5-12(6-8-13)10-15(18)16(19)20/h5-8,14-15H,3-4,9-11,18H2,1-2H3,(H,19,20). The molecule has 1 aromatic rings. The van der Waals surface area contributed by atoms with Crippen LogP contribution in [0.15, 0.2) is 24.3 Å². The van der Waals surface area contributed by atoms with Crippen molar-refractivity contribution in [2.45, 2.75) is 57.9 Å². The number of carbonyl (C=O) groups is 1. The van der Waals surface area contributed by atoms with Gasteiger partial charge in [0.1, 0.15) is 6.04 Å². The van der Waals surface area contributed by atoms with Crippen molar-refractivity contribution in [3.8, 4) is 0 Å². The van der Waals surface area contributed by atoms with Crippen LogP contribution < -0.4 is 5.73 Å². The minimum absolute atomic E-state index is 0.395. The van der Waals surface area contributed by atoms with Gasteiger partial charge in [0.05, 0.1) is 0 Å². The minimum Gasteiger partial charge on any atom is -0.480 e. The smallest absolute Gasteiger partial charge is 0.320 e. The summed E-state index contributed by atoms with van der Waals surface area (Å²) in [4.78, 5) is 10.8. The summed E-state index contributed by atoms with van der Waals surface area (Å²) in [6, 6.07) is 7.54. The topological polar surface area (TPSA) is 63.3 Å². The first kappa shape index (κ1) is 15.0. The third-order valence-electron chi connectivity index (χ3n) is 4.43. The molecule has 3 heteroatoms. The normalized spacial score (nSPS) is 23.2. The molecule has 3 nitrogen and oxygen atoms in total. The summed E-state index contributed by atoms with van der Waals surface area (Å²) in [7, 11) is 0. The fraction of sp³-hybridized carbons (Fsp3) is 0.588. The van der Waals surface area contributed by atoms with E-state index in [1.165, 1.54) is 31.2 Å². The molecule has 0 heterocycles. The van der Waals surface area contributed by atoms with Crippen molar-refractivity contribution in [3.05, 3.63) is 35.4 Å². The van der Waals surface area contributed by atoms with E-state index < -0.39 is 12.0 Å². The zero-order valence-corrected chi connectivity index (χ0v) is 12.4. The van der Waals surface area contributed by atoms with E-state index in [0.29, 0.717) is 17.8 Å². The van der Waals surface area contributed by atoms with E-state index in [4.69, 9.17) is 10.8 Å². The van der Waals surface area contributed by atoms with Crippen molar-refractivity contribution in [1.29, 1.82) is 0 Å². The molecule has 0 bridgehead atoms. The quantitative estimate of drug-likeness (QED) is 0.886. The van der Waals surface area contributed by atoms with Gasteiger partial charge in [-0.05, 0) is 48.1 Å². The Morgan fingerprint density at radius 2 is 2.05 bits per heavy atom. The third kappa shape index (κ3) is 3.83. The lowest BCUT2D eigenvalue weighted by molar-refractivity contribution is -0.138. The fourth-order valence-electron chi connectivity index (χ4n) is 3.25. The molecule has 0 amide bonds. The lowest BCUT2D eigenvalue weighted by atomic mass is 9.70. The van der Waals surface area contributed by atoms with Crippen LogP contribution in [0.2, 0.25) is 0 Å². The molecule has 1 fully saturated rings. The number of hydrogen-bond acceptors (Lipinski definition) is 2. The molecule has 1 aliphatic carbocycles. The van der Waals surface area contributed by atoms with Gasteiger partial charge in [-0.1, -0.05) is 44.5 Å². The average Bonchev–Trinajstić information content (AvgIpc) is 2.38. The summed E-state index contributed by atoms with van der Waals surface area (Å²) >= 11 is 0. The van der Waals surface area contributed by atoms with E-state index in [0.717, 1.165) is 5.56 Å². The van der Waals surface area contributed by atoms with Crippen molar-refractivity contribution in [2.24, 2.45) is 11.1 Å². The summed E-state index contributed by atoms with van der Waals surface area (Å²) in [5.41, 5.74) is 8.38. The Kier molecular flexibility index (Phi) is 4.48. The number of benzene rings is 1. The zero-order valence-electron chi connectivity index (χ0n) is 12.4. The van der Waals surface area contributed by atoms with Gasteiger partial charge >= 0.3 is 5.97 Å². The monoisotopic (exact) mass is 275 g/mol. The lowest BCUT2D eigenvalue weighted by Crippen LogP contribution is -2.32. The van der Waals surface area contributed by atoms with Gasteiger partial charge in [-0.2, -0.15) is 0 Å². The molecule has 2 rings (SSSR count). The molecule has 2 unspecified atom stereocenters. The molecule has 0 aliphatic heterocycles. The van der Waals surface area contributed by atoms with Crippen molar-refractivity contribution in [3.63, 3.8) is 0 Å². The predicted molar refractivity (Wildman–Crippen MR) is 80.7 cm³/mol. The summed E-state index contributed by atoms with van der Waals surface area (Å²) in [6.45, 7) is 4.69. The second kappa shape index (κ2) is 5.96. The van der Waals surface area contributed by atoms with E-state index >= 15 is 0 Å². The highest BCUT2D eigenvalue weighted by molar-refractivity contribution is 5.73. The number of aliphatic carboxylic acids is 1. The highest BCUT2D eigenvalue weighted by Crippen LogP contribution is 2.43. The molecule has 1 aliphatic rings. The van der Waals surface area contributed by atoms with Crippen molar-refractivity contribution >= 4 is 5.97 Å². The molecular weight excluding hydrogens is 250 g/mol. The Hall–Kier alpha value is -1.35. The highest BCUT2D eigenvalue weighted by Gasteiger charge is 2.28. The van der Waals surface area contributed by atoms with Crippen molar-refractivity contribution in [1.82, 2.24) is 0 Å². The first-order valence-corrected chi connectivity index (χ1v) is 7.45. The molecule has 1 saturated carbocycles. The van der Waals surface area contributed by atoms with Crippen LogP contribution >= 0.6 is 0 Å². The van der Waals surface area contributed by atoms with Crippen LogP contribution in [0.3, 0.4) is 0 Å². The Bertz CT molecular complexity index is 464. The molecule has 0 spiro atoms. The van der Waals surface area contributed by atoms with Crippen LogP contribution in [0.25, 0.3) is 0 Å². The Balaban J connectivity index is 2.03. The minimum atomic E-state index is -0.942. The van der Waals surface area contributed by atoms with Crippen LogP contribution in [0.1, 0.15) is 56.6 Å². The number of rotatable bonds is 4. The molecule has 2 atom stereocenters. The average molecular weight is 275 g/mol. The van der Waals surface area contributed by atoms with Crippen LogP contribution in [0, 0.1) is 5.41 Å². The number of carboxylic acid groups (broad SMARTS) is 1. The van der Waals surface area contributed by atoms with E-state index in [1.54, 1.807) is 0 Å². The van der Waals surface area contributed by atoms with Crippen molar-refractivity contribution in [2.75, 3.05) is 0 Å². The van der Waals surface area contributed by atoms with Gasteiger partial charge < -0.3 is 10.8 Å². The molecule has 110 valence electrons. The molecule has 1 aromatic carbocycles. The second-order valence-electron chi connectivity index (χ2n) is 6.85. The third-order valence-corrected chi connectivity index (χ3v) is 4.43. The summed E-state index contributed by atoms with van der Waals surface area (Å²) in [6.07, 6.45) is 5.50. The molecule has 0 saturated heterocycles. The molecule has 3 N–H and O–H groups in total. The maximum Gasteiger partial charge on any atom is 0.320 e. The van der Waals surface area contributed by atoms with Gasteiger partial charge in [-0.25, -0.2) is 0 Å². The van der Waals surface area contributed by atoms with Crippen LogP contribution in [-0.4, -0.2) is 17.1 Å². The van der Waals surface area contributed by atoms with E-state index in [9.17, 15) is 4.79 Å². The Labute approximate surface area is 121 Å². The zero-order chi connectivity index (χ0) is 14.8. The fourth-order valence-corrected chi connectivity index (χ4v) is 3.25. The van der Waals surface area contributed by atoms with Crippen LogP contribution in [-0.2, 0) is 11.2 Å². The van der Waals surface area contributed by atoms with Gasteiger partial charge in [-0.3, -0.25) is 4.79 Å². The van der Waals surface area contributed by atoms with Crippen LogP contribution in [0.4, 0.5) is 0 Å². The predicted octanol–water partition coefficient (Wildman–Crippen LogP) is 3.32. The van der Waals surface area contributed by atoms with E-state index in [-0.39, 0.29) is 0 Å². The lowest BCUT2D eigenvalue weighted by Gasteiger charge is -2.35. The maximum atomic E-state index is 10.8. The number of nitrogens with two attached hydrogens (primary N) is 1. The van der Waals surface area contributed by atoms with Crippen molar-refractivity contribution < 1.29 is 9.90 Å². The SMILES string of the molecule is CC1(C)CCCC(c2ccc(CC(N)C(=O)O)cc2)C1. The van der Waals surface area contributed by atoms with Gasteiger partial charge in [0.2, 0.25) is 0 Å². The summed E-state index contributed by atoms with van der Waals surface area (Å²) < 4.78 is 0. The van der Waals surface area contributed by atoms with E-state index in [1.807, 2.05) is 12.1 Å². The summed E-state index contributed by atoms with van der Waals surface area (Å²) in [5, 5.41) is 8.83. The Morgan fingerprint density at radius 1 is 1.40 bits per heavy atom. The Morgan fingerprint density at radius 3 is 2.60 bits per heavy atom. The van der Waals surface area contributed by atoms with Gasteiger partial charge in [-0.15, -0.1) is 0 Å². The van der Waals surface area contributed by atoms with Gasteiger partial charge in [0, 0.05) is 0 Å². The molecule has 0 radical (unpaired) electrons. The second-order valence-corrected chi connectivity index (χ2v) is 6.85. The number of carboxylic acids is 1. The van der Waals surface area contributed by atoms with Crippen LogP contribution in [0.5, 0.6) is 0 Å². The van der Waals surface area contributed by atoms with Gasteiger partial charge in [0.15, 0.2) is 0 Å². The molecule has 0 aromatic heterocycles. The first-order chi connectivity index (χ1) is 9.37. The molecular formula is C17H25NO2. The van der Waals surface area contributed by atoms with E-state index in [2.05, 4.69) is 26.0 Å². The maximum absolute atomic E-state index is 10.8. The highest BCUT2D eigenvalue weighted by atomic mass is 16.4. The largest absolute Gasteiger partial charge is 0.480 e. The number of hydrogen-bond donors (Lipinski definition) is 2.